The number of hydrogen-bond donors (Lipinski definition) is 1. The third-order valence-corrected chi connectivity index (χ3v) is 2.44. The van der Waals surface area contributed by atoms with Crippen LogP contribution in [0.15, 0.2) is 24.3 Å². The van der Waals surface area contributed by atoms with E-state index in [9.17, 15) is 0 Å². The fourth-order valence-corrected chi connectivity index (χ4v) is 1.47. The van der Waals surface area contributed by atoms with E-state index < -0.39 is 0 Å². The van der Waals surface area contributed by atoms with Gasteiger partial charge >= 0.3 is 0 Å². The van der Waals surface area contributed by atoms with Gasteiger partial charge in [0.05, 0.1) is 5.49 Å². The Balaban J connectivity index is 2.96. The van der Waals surface area contributed by atoms with E-state index in [0.29, 0.717) is 5.92 Å². The molecule has 1 rings (SSSR count). The van der Waals surface area contributed by atoms with Crippen molar-refractivity contribution in [2.75, 3.05) is 5.32 Å². The third kappa shape index (κ3) is 2.52. The minimum absolute atomic E-state index is 0.582. The number of para-hydroxylation sites is 1. The van der Waals surface area contributed by atoms with E-state index in [0.717, 1.165) is 12.1 Å². The summed E-state index contributed by atoms with van der Waals surface area (Å²) < 4.78 is 0. The minimum atomic E-state index is 0.582. The van der Waals surface area contributed by atoms with Crippen molar-refractivity contribution in [2.24, 2.45) is 0 Å². The SMILES string of the molecule is CCC(C)c1ccccc1NC=S. The van der Waals surface area contributed by atoms with Gasteiger partial charge in [0.1, 0.15) is 0 Å². The molecule has 0 amide bonds. The maximum atomic E-state index is 4.78. The Morgan fingerprint density at radius 1 is 1.46 bits per heavy atom. The monoisotopic (exact) mass is 193 g/mol. The Kier molecular flexibility index (Phi) is 3.90. The lowest BCUT2D eigenvalue weighted by atomic mass is 9.97. The van der Waals surface area contributed by atoms with E-state index >= 15 is 0 Å². The number of anilines is 1. The predicted octanol–water partition coefficient (Wildman–Crippen LogP) is 3.57. The molecule has 1 atom stereocenters. The second-order valence-electron chi connectivity index (χ2n) is 3.16. The summed E-state index contributed by atoms with van der Waals surface area (Å²) in [6.45, 7) is 4.42. The molecule has 0 aliphatic carbocycles. The van der Waals surface area contributed by atoms with Crippen LogP contribution in [0.2, 0.25) is 0 Å². The summed E-state index contributed by atoms with van der Waals surface area (Å²) >= 11 is 4.78. The van der Waals surface area contributed by atoms with E-state index in [1.165, 1.54) is 5.56 Å². The highest BCUT2D eigenvalue weighted by atomic mass is 32.1. The number of rotatable bonds is 4. The maximum Gasteiger partial charge on any atom is 0.0659 e. The van der Waals surface area contributed by atoms with Crippen LogP contribution in [0.1, 0.15) is 31.7 Å². The molecule has 0 aliphatic heterocycles. The van der Waals surface area contributed by atoms with Crippen LogP contribution >= 0.6 is 12.2 Å². The molecular weight excluding hydrogens is 178 g/mol. The van der Waals surface area contributed by atoms with Gasteiger partial charge in [0, 0.05) is 5.69 Å². The van der Waals surface area contributed by atoms with Gasteiger partial charge in [-0.3, -0.25) is 0 Å². The van der Waals surface area contributed by atoms with Gasteiger partial charge < -0.3 is 5.32 Å². The minimum Gasteiger partial charge on any atom is -0.352 e. The van der Waals surface area contributed by atoms with Crippen LogP contribution in [0.4, 0.5) is 5.69 Å². The Morgan fingerprint density at radius 3 is 2.77 bits per heavy atom. The molecule has 2 heteroatoms. The molecule has 0 radical (unpaired) electrons. The van der Waals surface area contributed by atoms with Gasteiger partial charge in [0.25, 0.3) is 0 Å². The van der Waals surface area contributed by atoms with Gasteiger partial charge in [-0.2, -0.15) is 0 Å². The molecule has 0 aliphatic rings. The molecule has 0 heterocycles. The molecular formula is C11H15NS. The normalized spacial score (nSPS) is 12.2. The lowest BCUT2D eigenvalue weighted by Crippen LogP contribution is -2.00. The molecule has 0 saturated heterocycles. The molecule has 0 fully saturated rings. The largest absolute Gasteiger partial charge is 0.352 e. The summed E-state index contributed by atoms with van der Waals surface area (Å²) in [4.78, 5) is 0. The lowest BCUT2D eigenvalue weighted by Gasteiger charge is -2.13. The fourth-order valence-electron chi connectivity index (χ4n) is 1.34. The van der Waals surface area contributed by atoms with Gasteiger partial charge in [-0.25, -0.2) is 0 Å². The van der Waals surface area contributed by atoms with Crippen LogP contribution in [0, 0.1) is 0 Å². The summed E-state index contributed by atoms with van der Waals surface area (Å²) in [5.41, 5.74) is 4.03. The summed E-state index contributed by atoms with van der Waals surface area (Å²) in [6.07, 6.45) is 1.15. The van der Waals surface area contributed by atoms with Crippen molar-refractivity contribution in [1.82, 2.24) is 0 Å². The topological polar surface area (TPSA) is 12.0 Å². The van der Waals surface area contributed by atoms with Crippen molar-refractivity contribution in [2.45, 2.75) is 26.2 Å². The van der Waals surface area contributed by atoms with Crippen LogP contribution in [0.25, 0.3) is 0 Å². The third-order valence-electron chi connectivity index (χ3n) is 2.32. The summed E-state index contributed by atoms with van der Waals surface area (Å²) in [5, 5.41) is 3.08. The van der Waals surface area contributed by atoms with Crippen molar-refractivity contribution < 1.29 is 0 Å². The Labute approximate surface area is 85.2 Å². The quantitative estimate of drug-likeness (QED) is 0.734. The van der Waals surface area contributed by atoms with E-state index in [1.807, 2.05) is 6.07 Å². The summed E-state index contributed by atoms with van der Waals surface area (Å²) in [7, 11) is 0. The number of hydrogen-bond acceptors (Lipinski definition) is 1. The molecule has 13 heavy (non-hydrogen) atoms. The molecule has 1 aromatic carbocycles. The molecule has 1 nitrogen and oxygen atoms in total. The molecule has 0 saturated carbocycles. The van der Waals surface area contributed by atoms with E-state index in [1.54, 1.807) is 5.49 Å². The van der Waals surface area contributed by atoms with Gasteiger partial charge in [-0.1, -0.05) is 44.3 Å². The number of thiocarbonyl (C=S) groups is 1. The first-order valence-corrected chi connectivity index (χ1v) is 5.05. The zero-order valence-electron chi connectivity index (χ0n) is 8.08. The van der Waals surface area contributed by atoms with E-state index in [4.69, 9.17) is 12.2 Å². The standard InChI is InChI=1S/C11H15NS/c1-3-9(2)10-6-4-5-7-11(10)12-8-13/h4-9H,3H2,1-2H3,(H,12,13). The first-order valence-electron chi connectivity index (χ1n) is 4.58. The van der Waals surface area contributed by atoms with Crippen LogP contribution in [-0.4, -0.2) is 5.49 Å². The number of nitrogens with one attached hydrogen (secondary N) is 1. The van der Waals surface area contributed by atoms with Crippen molar-refractivity contribution >= 4 is 23.4 Å². The Morgan fingerprint density at radius 2 is 2.15 bits per heavy atom. The van der Waals surface area contributed by atoms with Gasteiger partial charge in [0.2, 0.25) is 0 Å². The number of benzene rings is 1. The summed E-state index contributed by atoms with van der Waals surface area (Å²) in [6, 6.07) is 8.29. The zero-order valence-corrected chi connectivity index (χ0v) is 8.90. The molecule has 70 valence electrons. The predicted molar refractivity (Wildman–Crippen MR) is 62.4 cm³/mol. The van der Waals surface area contributed by atoms with Crippen LogP contribution in [0.3, 0.4) is 0 Å². The van der Waals surface area contributed by atoms with Gasteiger partial charge in [-0.05, 0) is 24.0 Å². The van der Waals surface area contributed by atoms with Gasteiger partial charge in [-0.15, -0.1) is 0 Å². The molecule has 0 aromatic heterocycles. The first-order chi connectivity index (χ1) is 6.29. The maximum absolute atomic E-state index is 4.78. The Hall–Kier alpha value is -0.890. The molecule has 1 unspecified atom stereocenters. The zero-order chi connectivity index (χ0) is 9.68. The fraction of sp³-hybridized carbons (Fsp3) is 0.364. The van der Waals surface area contributed by atoms with E-state index in [2.05, 4.69) is 37.4 Å². The molecule has 0 bridgehead atoms. The van der Waals surface area contributed by atoms with E-state index in [-0.39, 0.29) is 0 Å². The average molecular weight is 193 g/mol. The second-order valence-corrected chi connectivity index (χ2v) is 3.39. The highest BCUT2D eigenvalue weighted by Gasteiger charge is 2.06. The lowest BCUT2D eigenvalue weighted by molar-refractivity contribution is 0.736. The highest BCUT2D eigenvalue weighted by molar-refractivity contribution is 7.79. The van der Waals surface area contributed by atoms with Crippen LogP contribution in [-0.2, 0) is 0 Å². The second kappa shape index (κ2) is 4.97. The van der Waals surface area contributed by atoms with Gasteiger partial charge in [0.15, 0.2) is 0 Å². The van der Waals surface area contributed by atoms with Crippen molar-refractivity contribution in [1.29, 1.82) is 0 Å². The smallest absolute Gasteiger partial charge is 0.0659 e. The first kappa shape index (κ1) is 10.2. The Bertz CT molecular complexity index is 283. The van der Waals surface area contributed by atoms with Crippen molar-refractivity contribution in [3.05, 3.63) is 29.8 Å². The van der Waals surface area contributed by atoms with Crippen LogP contribution in [0.5, 0.6) is 0 Å². The van der Waals surface area contributed by atoms with Crippen molar-refractivity contribution in [3.63, 3.8) is 0 Å². The molecule has 0 spiro atoms. The van der Waals surface area contributed by atoms with Crippen molar-refractivity contribution in [3.8, 4) is 0 Å². The van der Waals surface area contributed by atoms with Crippen LogP contribution < -0.4 is 5.32 Å². The molecule has 1 N–H and O–H groups in total. The molecule has 1 aromatic rings. The summed E-state index contributed by atoms with van der Waals surface area (Å²) in [5.74, 6) is 0.582. The average Bonchev–Trinajstić information content (AvgIpc) is 2.18. The highest BCUT2D eigenvalue weighted by Crippen LogP contribution is 2.25.